The topological polar surface area (TPSA) is 33.0 Å². The molecule has 1 unspecified atom stereocenters. The molecule has 6 heteroatoms. The van der Waals surface area contributed by atoms with Crippen molar-refractivity contribution in [2.45, 2.75) is 19.2 Å². The van der Waals surface area contributed by atoms with E-state index >= 15 is 0 Å². The van der Waals surface area contributed by atoms with Crippen LogP contribution in [-0.4, -0.2) is 6.61 Å². The largest absolute Gasteiger partial charge is 0.419 e. The third-order valence-electron chi connectivity index (χ3n) is 2.05. The Labute approximate surface area is 95.4 Å². The lowest BCUT2D eigenvalue weighted by Crippen LogP contribution is -2.10. The minimum atomic E-state index is -4.79. The quantitative estimate of drug-likeness (QED) is 0.766. The predicted molar refractivity (Wildman–Crippen MR) is 51.4 cm³/mol. The maximum Gasteiger partial charge on any atom is 0.419 e. The van der Waals surface area contributed by atoms with Gasteiger partial charge in [0.25, 0.3) is 0 Å². The highest BCUT2D eigenvalue weighted by Gasteiger charge is 2.34. The summed E-state index contributed by atoms with van der Waals surface area (Å²) in [5.74, 6) is -1.37. The molecule has 0 saturated heterocycles. The second-order valence-electron chi connectivity index (χ2n) is 3.20. The van der Waals surface area contributed by atoms with Crippen molar-refractivity contribution in [2.75, 3.05) is 6.61 Å². The van der Waals surface area contributed by atoms with E-state index in [-0.39, 0.29) is 12.2 Å². The second-order valence-corrected chi connectivity index (χ2v) is 3.20. The van der Waals surface area contributed by atoms with E-state index in [4.69, 9.17) is 10.00 Å². The first kappa shape index (κ1) is 13.5. The summed E-state index contributed by atoms with van der Waals surface area (Å²) in [6.07, 6.45) is -5.91. The van der Waals surface area contributed by atoms with Crippen LogP contribution in [0.3, 0.4) is 0 Å². The summed E-state index contributed by atoms with van der Waals surface area (Å²) in [5.41, 5.74) is -1.40. The highest BCUT2D eigenvalue weighted by atomic mass is 19.4. The van der Waals surface area contributed by atoms with E-state index in [1.165, 1.54) is 0 Å². The Bertz CT molecular complexity index is 436. The number of nitriles is 1. The molecule has 17 heavy (non-hydrogen) atoms. The average molecular weight is 247 g/mol. The van der Waals surface area contributed by atoms with Gasteiger partial charge in [0.1, 0.15) is 5.82 Å². The van der Waals surface area contributed by atoms with Crippen molar-refractivity contribution in [1.82, 2.24) is 0 Å². The first-order valence-electron chi connectivity index (χ1n) is 4.78. The van der Waals surface area contributed by atoms with Gasteiger partial charge in [-0.3, -0.25) is 0 Å². The Hall–Kier alpha value is -1.61. The molecule has 0 aliphatic rings. The molecule has 0 spiro atoms. The minimum absolute atomic E-state index is 0.0110. The molecular formula is C11H9F4NO. The van der Waals surface area contributed by atoms with Gasteiger partial charge in [0.2, 0.25) is 0 Å². The van der Waals surface area contributed by atoms with Crippen molar-refractivity contribution in [1.29, 1.82) is 5.26 Å². The van der Waals surface area contributed by atoms with Crippen LogP contribution in [0.4, 0.5) is 17.6 Å². The van der Waals surface area contributed by atoms with E-state index in [9.17, 15) is 17.6 Å². The van der Waals surface area contributed by atoms with Gasteiger partial charge in [0, 0.05) is 6.61 Å². The molecule has 0 N–H and O–H groups in total. The average Bonchev–Trinajstić information content (AvgIpc) is 2.25. The van der Waals surface area contributed by atoms with Gasteiger partial charge in [0.05, 0.1) is 11.6 Å². The predicted octanol–water partition coefficient (Wildman–Crippen LogP) is 3.45. The number of hydrogen-bond acceptors (Lipinski definition) is 2. The van der Waals surface area contributed by atoms with Gasteiger partial charge in [-0.15, -0.1) is 0 Å². The van der Waals surface area contributed by atoms with E-state index in [1.54, 1.807) is 13.0 Å². The maximum atomic E-state index is 13.0. The zero-order valence-electron chi connectivity index (χ0n) is 8.88. The molecule has 1 aromatic carbocycles. The fraction of sp³-hybridized carbons (Fsp3) is 0.364. The standard InChI is InChI=1S/C11H9F4NO/c1-2-17-10(6-16)7-3-4-9(12)8(5-7)11(13,14)15/h3-5,10H,2H2,1H3. The third-order valence-corrected chi connectivity index (χ3v) is 2.05. The zero-order valence-corrected chi connectivity index (χ0v) is 8.88. The third kappa shape index (κ3) is 3.17. The lowest BCUT2D eigenvalue weighted by molar-refractivity contribution is -0.140. The van der Waals surface area contributed by atoms with Gasteiger partial charge in [0.15, 0.2) is 6.10 Å². The molecule has 1 rings (SSSR count). The highest BCUT2D eigenvalue weighted by Crippen LogP contribution is 2.33. The molecule has 0 amide bonds. The Morgan fingerprint density at radius 1 is 1.41 bits per heavy atom. The van der Waals surface area contributed by atoms with Crippen molar-refractivity contribution in [2.24, 2.45) is 0 Å². The van der Waals surface area contributed by atoms with Crippen molar-refractivity contribution < 1.29 is 22.3 Å². The molecule has 0 radical (unpaired) electrons. The van der Waals surface area contributed by atoms with Crippen LogP contribution in [0.2, 0.25) is 0 Å². The number of halogens is 4. The van der Waals surface area contributed by atoms with Crippen LogP contribution in [0.25, 0.3) is 0 Å². The number of nitrogens with zero attached hydrogens (tertiary/aromatic N) is 1. The molecule has 92 valence electrons. The van der Waals surface area contributed by atoms with Crippen LogP contribution in [0.15, 0.2) is 18.2 Å². The van der Waals surface area contributed by atoms with Gasteiger partial charge >= 0.3 is 6.18 Å². The van der Waals surface area contributed by atoms with E-state index in [0.717, 1.165) is 6.07 Å². The Balaban J connectivity index is 3.17. The summed E-state index contributed by atoms with van der Waals surface area (Å²) in [4.78, 5) is 0. The number of ether oxygens (including phenoxy) is 1. The van der Waals surface area contributed by atoms with Crippen LogP contribution >= 0.6 is 0 Å². The lowest BCUT2D eigenvalue weighted by Gasteiger charge is -2.13. The second kappa shape index (κ2) is 5.15. The summed E-state index contributed by atoms with van der Waals surface area (Å²) in [6, 6.07) is 4.09. The van der Waals surface area contributed by atoms with Crippen LogP contribution < -0.4 is 0 Å². The summed E-state index contributed by atoms with van der Waals surface area (Å²) in [5, 5.41) is 8.72. The maximum absolute atomic E-state index is 13.0. The van der Waals surface area contributed by atoms with Gasteiger partial charge in [-0.2, -0.15) is 18.4 Å². The van der Waals surface area contributed by atoms with Crippen LogP contribution in [-0.2, 0) is 10.9 Å². The number of rotatable bonds is 3. The molecule has 1 aromatic rings. The first-order valence-corrected chi connectivity index (χ1v) is 4.78. The molecule has 1 atom stereocenters. The number of alkyl halides is 3. The smallest absolute Gasteiger partial charge is 0.359 e. The Morgan fingerprint density at radius 3 is 2.53 bits per heavy atom. The lowest BCUT2D eigenvalue weighted by atomic mass is 10.1. The van der Waals surface area contributed by atoms with E-state index in [1.807, 2.05) is 0 Å². The Kier molecular flexibility index (Phi) is 4.07. The summed E-state index contributed by atoms with van der Waals surface area (Å²) in [6.45, 7) is 1.79. The Morgan fingerprint density at radius 2 is 2.06 bits per heavy atom. The van der Waals surface area contributed by atoms with E-state index in [0.29, 0.717) is 12.1 Å². The van der Waals surface area contributed by atoms with E-state index in [2.05, 4.69) is 0 Å². The monoisotopic (exact) mass is 247 g/mol. The van der Waals surface area contributed by atoms with Crippen molar-refractivity contribution in [3.05, 3.63) is 35.1 Å². The molecule has 2 nitrogen and oxygen atoms in total. The summed E-state index contributed by atoms with van der Waals surface area (Å²) in [7, 11) is 0. The fourth-order valence-electron chi connectivity index (χ4n) is 1.30. The summed E-state index contributed by atoms with van der Waals surface area (Å²) >= 11 is 0. The SMILES string of the molecule is CCOC(C#N)c1ccc(F)c(C(F)(F)F)c1. The first-order chi connectivity index (χ1) is 7.90. The molecule has 0 bridgehead atoms. The molecule has 0 saturated carbocycles. The van der Waals surface area contributed by atoms with Crippen molar-refractivity contribution in [3.63, 3.8) is 0 Å². The van der Waals surface area contributed by atoms with Crippen molar-refractivity contribution in [3.8, 4) is 6.07 Å². The molecule has 0 aliphatic heterocycles. The van der Waals surface area contributed by atoms with E-state index < -0.39 is 23.7 Å². The number of benzene rings is 1. The van der Waals surface area contributed by atoms with Gasteiger partial charge < -0.3 is 4.74 Å². The van der Waals surface area contributed by atoms with Crippen LogP contribution in [0.5, 0.6) is 0 Å². The molecule has 0 aliphatic carbocycles. The number of hydrogen-bond donors (Lipinski definition) is 0. The van der Waals surface area contributed by atoms with Crippen molar-refractivity contribution >= 4 is 0 Å². The fourth-order valence-corrected chi connectivity index (χ4v) is 1.30. The zero-order chi connectivity index (χ0) is 13.1. The molecule has 0 aromatic heterocycles. The van der Waals surface area contributed by atoms with Gasteiger partial charge in [-0.1, -0.05) is 6.07 Å². The van der Waals surface area contributed by atoms with Gasteiger partial charge in [-0.25, -0.2) is 4.39 Å². The van der Waals surface area contributed by atoms with Crippen LogP contribution in [0.1, 0.15) is 24.2 Å². The minimum Gasteiger partial charge on any atom is -0.359 e. The molecular weight excluding hydrogens is 238 g/mol. The summed E-state index contributed by atoms with van der Waals surface area (Å²) < 4.78 is 55.2. The van der Waals surface area contributed by atoms with Crippen LogP contribution in [0, 0.1) is 17.1 Å². The van der Waals surface area contributed by atoms with Gasteiger partial charge in [-0.05, 0) is 24.6 Å². The normalized spacial score (nSPS) is 13.2. The molecule has 0 heterocycles. The highest BCUT2D eigenvalue weighted by molar-refractivity contribution is 5.31. The molecule has 0 fully saturated rings.